The van der Waals surface area contributed by atoms with Gasteiger partial charge in [-0.3, -0.25) is 5.41 Å². The zero-order chi connectivity index (χ0) is 11.0. The van der Waals surface area contributed by atoms with Crippen molar-refractivity contribution in [2.75, 3.05) is 0 Å². The number of nitrogens with two attached hydrogens (primary N) is 1. The van der Waals surface area contributed by atoms with Crippen LogP contribution in [0.3, 0.4) is 0 Å². The van der Waals surface area contributed by atoms with Crippen molar-refractivity contribution in [2.24, 2.45) is 10.7 Å². The molecule has 3 N–H and O–H groups in total. The average molecular weight is 201 g/mol. The van der Waals surface area contributed by atoms with Gasteiger partial charge >= 0.3 is 0 Å². The largest absolute Gasteiger partial charge is 0.383 e. The summed E-state index contributed by atoms with van der Waals surface area (Å²) in [5.41, 5.74) is 8.72. The number of hydrogen-bond donors (Lipinski definition) is 2. The van der Waals surface area contributed by atoms with Crippen molar-refractivity contribution in [3.63, 3.8) is 0 Å². The third-order valence-electron chi connectivity index (χ3n) is 2.99. The molecule has 1 aromatic rings. The first-order valence-corrected chi connectivity index (χ1v) is 5.21. The second-order valence-electron chi connectivity index (χ2n) is 3.96. The predicted molar refractivity (Wildman–Crippen MR) is 62.7 cm³/mol. The van der Waals surface area contributed by atoms with Crippen LogP contribution in [-0.2, 0) is 0 Å². The maximum absolute atomic E-state index is 7.69. The van der Waals surface area contributed by atoms with Gasteiger partial charge in [0.25, 0.3) is 0 Å². The number of rotatable bonds is 2. The number of fused-ring (bicyclic) bond motifs is 1. The molecule has 0 radical (unpaired) electrons. The minimum atomic E-state index is 0.285. The Balaban J connectivity index is 2.46. The molecule has 0 saturated heterocycles. The lowest BCUT2D eigenvalue weighted by molar-refractivity contribution is 0.733. The molecule has 78 valence electrons. The Morgan fingerprint density at radius 3 is 2.80 bits per heavy atom. The molecule has 0 bridgehead atoms. The van der Waals surface area contributed by atoms with Crippen molar-refractivity contribution >= 4 is 11.7 Å². The highest BCUT2D eigenvalue weighted by Gasteiger charge is 2.19. The maximum atomic E-state index is 7.69. The van der Waals surface area contributed by atoms with Crippen LogP contribution in [0.25, 0.3) is 0 Å². The van der Waals surface area contributed by atoms with Crippen LogP contribution in [0, 0.1) is 5.41 Å². The fraction of sp³-hybridized carbons (Fsp3) is 0.333. The molecule has 1 atom stereocenters. The van der Waals surface area contributed by atoms with E-state index in [1.165, 1.54) is 5.56 Å². The average Bonchev–Trinajstić information content (AvgIpc) is 2.53. The van der Waals surface area contributed by atoms with E-state index in [-0.39, 0.29) is 5.84 Å². The number of amidine groups is 2. The van der Waals surface area contributed by atoms with Gasteiger partial charge in [-0.15, -0.1) is 0 Å². The van der Waals surface area contributed by atoms with Gasteiger partial charge in [0.2, 0.25) is 0 Å². The van der Waals surface area contributed by atoms with Crippen LogP contribution in [0.2, 0.25) is 0 Å². The van der Waals surface area contributed by atoms with E-state index in [4.69, 9.17) is 11.1 Å². The molecule has 1 aliphatic rings. The second-order valence-corrected chi connectivity index (χ2v) is 3.96. The van der Waals surface area contributed by atoms with Crippen LogP contribution < -0.4 is 5.73 Å². The van der Waals surface area contributed by atoms with Crippen molar-refractivity contribution < 1.29 is 0 Å². The molecule has 2 rings (SSSR count). The van der Waals surface area contributed by atoms with Crippen molar-refractivity contribution in [3.8, 4) is 0 Å². The first kappa shape index (κ1) is 9.90. The molecule has 0 aliphatic carbocycles. The molecular weight excluding hydrogens is 186 g/mol. The maximum Gasteiger partial charge on any atom is 0.154 e. The molecule has 0 saturated carbocycles. The topological polar surface area (TPSA) is 62.2 Å². The van der Waals surface area contributed by atoms with E-state index >= 15 is 0 Å². The predicted octanol–water partition coefficient (Wildman–Crippen LogP) is 2.24. The molecular formula is C12H15N3. The van der Waals surface area contributed by atoms with Gasteiger partial charge in [0.15, 0.2) is 5.84 Å². The van der Waals surface area contributed by atoms with Crippen molar-refractivity contribution in [2.45, 2.75) is 26.2 Å². The Morgan fingerprint density at radius 1 is 1.40 bits per heavy atom. The summed E-state index contributed by atoms with van der Waals surface area (Å²) in [6.45, 7) is 4.35. The smallest absolute Gasteiger partial charge is 0.154 e. The lowest BCUT2D eigenvalue weighted by Crippen LogP contribution is -2.10. The van der Waals surface area contributed by atoms with Gasteiger partial charge < -0.3 is 5.73 Å². The molecule has 1 unspecified atom stereocenters. The van der Waals surface area contributed by atoms with Gasteiger partial charge in [-0.1, -0.05) is 26.0 Å². The molecule has 3 heteroatoms. The summed E-state index contributed by atoms with van der Waals surface area (Å²) in [5.74, 6) is 1.27. The fourth-order valence-corrected chi connectivity index (χ4v) is 1.76. The van der Waals surface area contributed by atoms with E-state index in [0.29, 0.717) is 11.8 Å². The normalized spacial score (nSPS) is 16.1. The molecule has 3 nitrogen and oxygen atoms in total. The SMILES string of the molecule is CCC(C)c1ccc2c(c1)C(=N)N=C2N. The zero-order valence-corrected chi connectivity index (χ0v) is 9.04. The van der Waals surface area contributed by atoms with Crippen molar-refractivity contribution in [3.05, 3.63) is 34.9 Å². The van der Waals surface area contributed by atoms with Crippen LogP contribution in [0.5, 0.6) is 0 Å². The molecule has 0 spiro atoms. The zero-order valence-electron chi connectivity index (χ0n) is 9.04. The monoisotopic (exact) mass is 201 g/mol. The summed E-state index contributed by atoms with van der Waals surface area (Å²) < 4.78 is 0. The van der Waals surface area contributed by atoms with Crippen LogP contribution in [0.15, 0.2) is 23.2 Å². The molecule has 0 amide bonds. The van der Waals surface area contributed by atoms with Gasteiger partial charge in [-0.2, -0.15) is 0 Å². The third-order valence-corrected chi connectivity index (χ3v) is 2.99. The molecule has 15 heavy (non-hydrogen) atoms. The van der Waals surface area contributed by atoms with Crippen molar-refractivity contribution in [1.82, 2.24) is 0 Å². The van der Waals surface area contributed by atoms with Gasteiger partial charge in [0, 0.05) is 11.1 Å². The Morgan fingerprint density at radius 2 is 2.13 bits per heavy atom. The van der Waals surface area contributed by atoms with Crippen LogP contribution in [0.1, 0.15) is 42.9 Å². The highest BCUT2D eigenvalue weighted by atomic mass is 14.9. The minimum absolute atomic E-state index is 0.285. The van der Waals surface area contributed by atoms with Crippen LogP contribution in [0.4, 0.5) is 0 Å². The quantitative estimate of drug-likeness (QED) is 0.757. The van der Waals surface area contributed by atoms with Gasteiger partial charge in [-0.25, -0.2) is 4.99 Å². The highest BCUT2D eigenvalue weighted by molar-refractivity contribution is 6.20. The summed E-state index contributed by atoms with van der Waals surface area (Å²) in [6, 6.07) is 6.08. The summed E-state index contributed by atoms with van der Waals surface area (Å²) >= 11 is 0. The third kappa shape index (κ3) is 1.54. The van der Waals surface area contributed by atoms with Crippen LogP contribution >= 0.6 is 0 Å². The fourth-order valence-electron chi connectivity index (χ4n) is 1.76. The van der Waals surface area contributed by atoms with E-state index in [1.54, 1.807) is 0 Å². The Labute approximate surface area is 89.5 Å². The second kappa shape index (κ2) is 3.50. The molecule has 1 aliphatic heterocycles. The van der Waals surface area contributed by atoms with Crippen LogP contribution in [-0.4, -0.2) is 11.7 Å². The van der Waals surface area contributed by atoms with Crippen molar-refractivity contribution in [1.29, 1.82) is 5.41 Å². The van der Waals surface area contributed by atoms with E-state index in [1.807, 2.05) is 12.1 Å². The van der Waals surface area contributed by atoms with E-state index < -0.39 is 0 Å². The standard InChI is InChI=1S/C12H15N3/c1-3-7(2)8-4-5-9-10(6-8)12(14)15-11(9)13/h4-7H,3H2,1-2H3,(H3,13,14,15). The Kier molecular flexibility index (Phi) is 2.31. The summed E-state index contributed by atoms with van der Waals surface area (Å²) in [6.07, 6.45) is 1.10. The summed E-state index contributed by atoms with van der Waals surface area (Å²) in [5, 5.41) is 7.69. The number of nitrogens with one attached hydrogen (secondary N) is 1. The first-order chi connectivity index (χ1) is 7.13. The number of hydrogen-bond acceptors (Lipinski definition) is 2. The number of aliphatic imine (C=N–C) groups is 1. The number of nitrogens with zero attached hydrogens (tertiary/aromatic N) is 1. The Hall–Kier alpha value is -1.64. The Bertz CT molecular complexity index is 446. The van der Waals surface area contributed by atoms with Gasteiger partial charge in [0.1, 0.15) is 5.84 Å². The highest BCUT2D eigenvalue weighted by Crippen LogP contribution is 2.24. The number of benzene rings is 1. The first-order valence-electron chi connectivity index (χ1n) is 5.21. The van der Waals surface area contributed by atoms with E-state index in [0.717, 1.165) is 17.5 Å². The molecule has 1 aromatic carbocycles. The lowest BCUT2D eigenvalue weighted by Gasteiger charge is -2.10. The molecule has 0 aromatic heterocycles. The molecule has 0 fully saturated rings. The van der Waals surface area contributed by atoms with Gasteiger partial charge in [0.05, 0.1) is 0 Å². The van der Waals surface area contributed by atoms with E-state index in [9.17, 15) is 0 Å². The summed E-state index contributed by atoms with van der Waals surface area (Å²) in [4.78, 5) is 3.96. The lowest BCUT2D eigenvalue weighted by atomic mass is 9.95. The minimum Gasteiger partial charge on any atom is -0.383 e. The molecule has 1 heterocycles. The van der Waals surface area contributed by atoms with E-state index in [2.05, 4.69) is 24.9 Å². The summed E-state index contributed by atoms with van der Waals surface area (Å²) in [7, 11) is 0. The van der Waals surface area contributed by atoms with Gasteiger partial charge in [-0.05, 0) is 24.0 Å².